The summed E-state index contributed by atoms with van der Waals surface area (Å²) in [6.07, 6.45) is 0.981. The molecule has 0 spiro atoms. The van der Waals surface area contributed by atoms with Crippen LogP contribution in [0.2, 0.25) is 0 Å². The Bertz CT molecular complexity index is 969. The molecule has 0 amide bonds. The Labute approximate surface area is 155 Å². The summed E-state index contributed by atoms with van der Waals surface area (Å²) in [4.78, 5) is 10.6. The van der Waals surface area contributed by atoms with E-state index in [2.05, 4.69) is 37.0 Å². The first-order valence-corrected chi connectivity index (χ1v) is 9.90. The standard InChI is InChI=1S/C20H18N2OS2/c1-3-18-22-20(13(2)24-18)14-8-10-15(11-9-14)23-12-19-21-16-6-4-5-7-17(16)25-19/h4-11H,3,12H2,1-2H3. The Morgan fingerprint density at radius 1 is 0.920 bits per heavy atom. The molecule has 0 aliphatic rings. The number of hydrogen-bond acceptors (Lipinski definition) is 5. The van der Waals surface area contributed by atoms with Crippen LogP contribution in [0.3, 0.4) is 0 Å². The molecule has 3 nitrogen and oxygen atoms in total. The highest BCUT2D eigenvalue weighted by Gasteiger charge is 2.09. The maximum absolute atomic E-state index is 5.90. The van der Waals surface area contributed by atoms with E-state index in [1.54, 1.807) is 22.7 Å². The molecule has 2 aromatic carbocycles. The number of thiazole rings is 2. The first kappa shape index (κ1) is 16.2. The van der Waals surface area contributed by atoms with Crippen LogP contribution >= 0.6 is 22.7 Å². The number of hydrogen-bond donors (Lipinski definition) is 0. The average molecular weight is 367 g/mol. The van der Waals surface area contributed by atoms with Gasteiger partial charge in [-0.3, -0.25) is 0 Å². The van der Waals surface area contributed by atoms with Crippen molar-refractivity contribution in [2.45, 2.75) is 26.9 Å². The van der Waals surface area contributed by atoms with Gasteiger partial charge in [-0.15, -0.1) is 22.7 Å². The fourth-order valence-electron chi connectivity index (χ4n) is 2.71. The molecular weight excluding hydrogens is 348 g/mol. The lowest BCUT2D eigenvalue weighted by Crippen LogP contribution is -1.94. The lowest BCUT2D eigenvalue weighted by Gasteiger charge is -2.05. The Hall–Kier alpha value is -2.24. The fraction of sp³-hybridized carbons (Fsp3) is 0.200. The van der Waals surface area contributed by atoms with Gasteiger partial charge in [0.15, 0.2) is 0 Å². The van der Waals surface area contributed by atoms with Crippen molar-refractivity contribution in [2.75, 3.05) is 0 Å². The highest BCUT2D eigenvalue weighted by molar-refractivity contribution is 7.18. The zero-order chi connectivity index (χ0) is 17.2. The lowest BCUT2D eigenvalue weighted by molar-refractivity contribution is 0.306. The van der Waals surface area contributed by atoms with Crippen LogP contribution in [0.15, 0.2) is 48.5 Å². The van der Waals surface area contributed by atoms with Crippen molar-refractivity contribution in [3.63, 3.8) is 0 Å². The van der Waals surface area contributed by atoms with Crippen LogP contribution in [0.1, 0.15) is 21.8 Å². The summed E-state index contributed by atoms with van der Waals surface area (Å²) >= 11 is 3.45. The molecule has 0 atom stereocenters. The zero-order valence-electron chi connectivity index (χ0n) is 14.2. The van der Waals surface area contributed by atoms with Gasteiger partial charge in [-0.1, -0.05) is 19.1 Å². The maximum atomic E-state index is 5.90. The first-order chi connectivity index (χ1) is 12.2. The summed E-state index contributed by atoms with van der Waals surface area (Å²) in [5, 5.41) is 2.18. The van der Waals surface area contributed by atoms with Gasteiger partial charge < -0.3 is 4.74 Å². The minimum atomic E-state index is 0.494. The average Bonchev–Trinajstić information content (AvgIpc) is 3.23. The maximum Gasteiger partial charge on any atom is 0.140 e. The summed E-state index contributed by atoms with van der Waals surface area (Å²) in [5.74, 6) is 0.853. The molecule has 4 aromatic rings. The van der Waals surface area contributed by atoms with Gasteiger partial charge in [0.05, 0.1) is 20.9 Å². The van der Waals surface area contributed by atoms with E-state index >= 15 is 0 Å². The van der Waals surface area contributed by atoms with Gasteiger partial charge in [-0.05, 0) is 49.7 Å². The number of benzene rings is 2. The van der Waals surface area contributed by atoms with E-state index in [-0.39, 0.29) is 0 Å². The molecule has 0 saturated carbocycles. The molecule has 0 saturated heterocycles. The van der Waals surface area contributed by atoms with Crippen LogP contribution in [0, 0.1) is 6.92 Å². The van der Waals surface area contributed by atoms with E-state index in [1.165, 1.54) is 14.6 Å². The van der Waals surface area contributed by atoms with Crippen molar-refractivity contribution >= 4 is 32.9 Å². The van der Waals surface area contributed by atoms with E-state index in [0.29, 0.717) is 6.61 Å². The monoisotopic (exact) mass is 366 g/mol. The molecular formula is C20H18N2OS2. The van der Waals surface area contributed by atoms with Crippen molar-refractivity contribution in [3.8, 4) is 17.0 Å². The number of aryl methyl sites for hydroxylation is 2. The van der Waals surface area contributed by atoms with Crippen LogP contribution in [-0.2, 0) is 13.0 Å². The van der Waals surface area contributed by atoms with E-state index in [1.807, 2.05) is 30.3 Å². The number of fused-ring (bicyclic) bond motifs is 1. The molecule has 2 aromatic heterocycles. The first-order valence-electron chi connectivity index (χ1n) is 8.27. The van der Waals surface area contributed by atoms with Gasteiger partial charge in [0, 0.05) is 10.4 Å². The van der Waals surface area contributed by atoms with E-state index < -0.39 is 0 Å². The summed E-state index contributed by atoms with van der Waals surface area (Å²) < 4.78 is 7.10. The topological polar surface area (TPSA) is 35.0 Å². The summed E-state index contributed by atoms with van der Waals surface area (Å²) in [5.41, 5.74) is 3.26. The number of rotatable bonds is 5. The highest BCUT2D eigenvalue weighted by Crippen LogP contribution is 2.29. The molecule has 4 rings (SSSR count). The molecule has 0 bridgehead atoms. The molecule has 5 heteroatoms. The SMILES string of the molecule is CCc1nc(-c2ccc(OCc3nc4ccccc4s3)cc2)c(C)s1. The normalized spacial score (nSPS) is 11.1. The third-order valence-corrected chi connectivity index (χ3v) is 6.10. The smallest absolute Gasteiger partial charge is 0.140 e. The van der Waals surface area contributed by atoms with E-state index in [0.717, 1.165) is 34.0 Å². The van der Waals surface area contributed by atoms with Gasteiger partial charge in [0.1, 0.15) is 17.4 Å². The van der Waals surface area contributed by atoms with Crippen molar-refractivity contribution in [1.29, 1.82) is 0 Å². The minimum Gasteiger partial charge on any atom is -0.486 e. The van der Waals surface area contributed by atoms with Gasteiger partial charge in [0.25, 0.3) is 0 Å². The third-order valence-electron chi connectivity index (χ3n) is 3.97. The molecule has 126 valence electrons. The van der Waals surface area contributed by atoms with E-state index in [9.17, 15) is 0 Å². The number of para-hydroxylation sites is 1. The van der Waals surface area contributed by atoms with Gasteiger partial charge >= 0.3 is 0 Å². The summed E-state index contributed by atoms with van der Waals surface area (Å²) in [6.45, 7) is 4.76. The molecule has 0 fully saturated rings. The quantitative estimate of drug-likeness (QED) is 0.443. The Balaban J connectivity index is 1.47. The molecule has 0 unspecified atom stereocenters. The van der Waals surface area contributed by atoms with Crippen LogP contribution in [-0.4, -0.2) is 9.97 Å². The van der Waals surface area contributed by atoms with Gasteiger partial charge in [-0.25, -0.2) is 9.97 Å². The minimum absolute atomic E-state index is 0.494. The predicted molar refractivity (Wildman–Crippen MR) is 106 cm³/mol. The molecule has 0 N–H and O–H groups in total. The van der Waals surface area contributed by atoms with Crippen LogP contribution < -0.4 is 4.74 Å². The second-order valence-corrected chi connectivity index (χ2v) is 8.16. The second-order valence-electron chi connectivity index (χ2n) is 5.75. The van der Waals surface area contributed by atoms with Crippen molar-refractivity contribution in [3.05, 3.63) is 63.4 Å². The second kappa shape index (κ2) is 6.94. The largest absolute Gasteiger partial charge is 0.486 e. The van der Waals surface area contributed by atoms with Gasteiger partial charge in [0.2, 0.25) is 0 Å². The number of ether oxygens (including phenoxy) is 1. The van der Waals surface area contributed by atoms with Crippen molar-refractivity contribution in [2.24, 2.45) is 0 Å². The van der Waals surface area contributed by atoms with Crippen LogP contribution in [0.4, 0.5) is 0 Å². The molecule has 0 aliphatic heterocycles. The molecule has 0 radical (unpaired) electrons. The van der Waals surface area contributed by atoms with Gasteiger partial charge in [-0.2, -0.15) is 0 Å². The van der Waals surface area contributed by atoms with Crippen molar-refractivity contribution < 1.29 is 4.74 Å². The molecule has 25 heavy (non-hydrogen) atoms. The Morgan fingerprint density at radius 3 is 2.44 bits per heavy atom. The number of nitrogens with zero attached hydrogens (tertiary/aromatic N) is 2. The third kappa shape index (κ3) is 3.43. The number of aromatic nitrogens is 2. The Kier molecular flexibility index (Phi) is 4.51. The van der Waals surface area contributed by atoms with Crippen molar-refractivity contribution in [1.82, 2.24) is 9.97 Å². The van der Waals surface area contributed by atoms with E-state index in [4.69, 9.17) is 9.72 Å². The Morgan fingerprint density at radius 2 is 1.72 bits per heavy atom. The summed E-state index contributed by atoms with van der Waals surface area (Å²) in [6, 6.07) is 16.3. The fourth-order valence-corrected chi connectivity index (χ4v) is 4.48. The molecule has 2 heterocycles. The lowest BCUT2D eigenvalue weighted by atomic mass is 10.1. The highest BCUT2D eigenvalue weighted by atomic mass is 32.1. The van der Waals surface area contributed by atoms with Crippen LogP contribution in [0.5, 0.6) is 5.75 Å². The summed E-state index contributed by atoms with van der Waals surface area (Å²) in [7, 11) is 0. The molecule has 0 aliphatic carbocycles. The predicted octanol–water partition coefficient (Wildman–Crippen LogP) is 5.87. The zero-order valence-corrected chi connectivity index (χ0v) is 15.8. The van der Waals surface area contributed by atoms with Crippen LogP contribution in [0.25, 0.3) is 21.5 Å².